The smallest absolute Gasteiger partial charge is 0.0306 e. The monoisotopic (exact) mass is 233 g/mol. The van der Waals surface area contributed by atoms with Crippen molar-refractivity contribution in [2.45, 2.75) is 19.4 Å². The molecule has 1 unspecified atom stereocenters. The Morgan fingerprint density at radius 1 is 1.12 bits per heavy atom. The molecule has 0 spiro atoms. The number of rotatable bonds is 3. The molecule has 0 heterocycles. The summed E-state index contributed by atoms with van der Waals surface area (Å²) in [5.74, 6) is 0.604. The lowest BCUT2D eigenvalue weighted by molar-refractivity contribution is 0.704. The van der Waals surface area contributed by atoms with Gasteiger partial charge in [0.05, 0.1) is 0 Å². The third-order valence-electron chi connectivity index (χ3n) is 2.87. The van der Waals surface area contributed by atoms with Gasteiger partial charge in [0.15, 0.2) is 0 Å². The van der Waals surface area contributed by atoms with E-state index in [-0.39, 0.29) is 6.04 Å². The second-order valence-electron chi connectivity index (χ2n) is 4.19. The van der Waals surface area contributed by atoms with Gasteiger partial charge < -0.3 is 5.73 Å². The van der Waals surface area contributed by atoms with E-state index < -0.39 is 0 Å². The van der Waals surface area contributed by atoms with E-state index in [9.17, 15) is 0 Å². The first kappa shape index (κ1) is 11.4. The molecule has 0 bridgehead atoms. The Labute approximate surface area is 101 Å². The number of fused-ring (bicyclic) bond motifs is 1. The van der Waals surface area contributed by atoms with Crippen LogP contribution in [0, 0.1) is 6.92 Å². The number of nitrogens with two attached hydrogens (primary N) is 1. The van der Waals surface area contributed by atoms with Gasteiger partial charge in [0.25, 0.3) is 0 Å². The molecular weight excluding hydrogens is 218 g/mol. The van der Waals surface area contributed by atoms with Crippen molar-refractivity contribution in [2.75, 3.05) is 5.88 Å². The van der Waals surface area contributed by atoms with Crippen molar-refractivity contribution in [3.05, 3.63) is 47.5 Å². The highest BCUT2D eigenvalue weighted by Gasteiger charge is 2.05. The van der Waals surface area contributed by atoms with Crippen LogP contribution in [0.15, 0.2) is 36.4 Å². The van der Waals surface area contributed by atoms with Crippen LogP contribution >= 0.6 is 11.6 Å². The van der Waals surface area contributed by atoms with Gasteiger partial charge in [0, 0.05) is 11.9 Å². The first-order valence-corrected chi connectivity index (χ1v) is 6.06. The SMILES string of the molecule is Cc1ccc2cc(C(N)CCCl)ccc2c1. The molecule has 2 aromatic carbocycles. The summed E-state index contributed by atoms with van der Waals surface area (Å²) in [5.41, 5.74) is 8.49. The van der Waals surface area contributed by atoms with Crippen LogP contribution < -0.4 is 5.73 Å². The van der Waals surface area contributed by atoms with Gasteiger partial charge in [-0.05, 0) is 35.7 Å². The van der Waals surface area contributed by atoms with E-state index in [2.05, 4.69) is 43.3 Å². The molecule has 2 aromatic rings. The van der Waals surface area contributed by atoms with E-state index in [1.165, 1.54) is 16.3 Å². The first-order chi connectivity index (χ1) is 7.70. The number of benzene rings is 2. The Balaban J connectivity index is 2.40. The normalized spacial score (nSPS) is 12.9. The molecule has 0 fully saturated rings. The quantitative estimate of drug-likeness (QED) is 0.803. The Kier molecular flexibility index (Phi) is 3.47. The maximum atomic E-state index is 6.04. The molecule has 84 valence electrons. The summed E-state index contributed by atoms with van der Waals surface area (Å²) in [6.45, 7) is 2.10. The molecule has 1 atom stereocenters. The molecular formula is C14H16ClN. The van der Waals surface area contributed by atoms with Gasteiger partial charge in [-0.1, -0.05) is 35.9 Å². The van der Waals surface area contributed by atoms with Gasteiger partial charge in [-0.3, -0.25) is 0 Å². The van der Waals surface area contributed by atoms with Crippen LogP contribution in [-0.4, -0.2) is 5.88 Å². The second kappa shape index (κ2) is 4.86. The Bertz CT molecular complexity index is 493. The number of hydrogen-bond acceptors (Lipinski definition) is 1. The first-order valence-electron chi connectivity index (χ1n) is 5.52. The van der Waals surface area contributed by atoms with Crippen LogP contribution in [0.3, 0.4) is 0 Å². The standard InChI is InChI=1S/C14H16ClN/c1-10-2-3-12-9-13(14(16)6-7-15)5-4-11(12)8-10/h2-5,8-9,14H,6-7,16H2,1H3. The lowest BCUT2D eigenvalue weighted by atomic mass is 10.00. The fraction of sp³-hybridized carbons (Fsp3) is 0.286. The summed E-state index contributed by atoms with van der Waals surface area (Å²) in [6, 6.07) is 12.9. The highest BCUT2D eigenvalue weighted by molar-refractivity contribution is 6.17. The Morgan fingerprint density at radius 2 is 1.81 bits per heavy atom. The summed E-state index contributed by atoms with van der Waals surface area (Å²) in [6.07, 6.45) is 0.818. The van der Waals surface area contributed by atoms with Gasteiger partial charge in [-0.15, -0.1) is 11.6 Å². The van der Waals surface area contributed by atoms with Crippen molar-refractivity contribution in [1.82, 2.24) is 0 Å². The van der Waals surface area contributed by atoms with Crippen LogP contribution in [0.4, 0.5) is 0 Å². The summed E-state index contributed by atoms with van der Waals surface area (Å²) in [7, 11) is 0. The maximum absolute atomic E-state index is 6.04. The zero-order chi connectivity index (χ0) is 11.5. The predicted octanol–water partition coefficient (Wildman–Crippen LogP) is 3.78. The number of alkyl halides is 1. The lowest BCUT2D eigenvalue weighted by Gasteiger charge is -2.11. The predicted molar refractivity (Wildman–Crippen MR) is 71.0 cm³/mol. The molecule has 2 rings (SSSR count). The molecule has 0 aliphatic heterocycles. The minimum atomic E-state index is 0.0446. The summed E-state index contributed by atoms with van der Waals surface area (Å²) >= 11 is 5.71. The molecule has 0 aromatic heterocycles. The number of hydrogen-bond donors (Lipinski definition) is 1. The van der Waals surface area contributed by atoms with E-state index in [0.717, 1.165) is 12.0 Å². The van der Waals surface area contributed by atoms with Crippen LogP contribution in [0.1, 0.15) is 23.6 Å². The average Bonchev–Trinajstić information content (AvgIpc) is 2.28. The third-order valence-corrected chi connectivity index (χ3v) is 3.09. The van der Waals surface area contributed by atoms with Gasteiger partial charge >= 0.3 is 0 Å². The summed E-state index contributed by atoms with van der Waals surface area (Å²) < 4.78 is 0. The zero-order valence-electron chi connectivity index (χ0n) is 9.41. The highest BCUT2D eigenvalue weighted by atomic mass is 35.5. The zero-order valence-corrected chi connectivity index (χ0v) is 10.2. The average molecular weight is 234 g/mol. The molecule has 0 radical (unpaired) electrons. The van der Waals surface area contributed by atoms with Gasteiger partial charge in [0.1, 0.15) is 0 Å². The minimum Gasteiger partial charge on any atom is -0.324 e. The van der Waals surface area contributed by atoms with E-state index in [0.29, 0.717) is 5.88 Å². The van der Waals surface area contributed by atoms with Crippen LogP contribution in [0.2, 0.25) is 0 Å². The summed E-state index contributed by atoms with van der Waals surface area (Å²) in [5, 5.41) is 2.51. The van der Waals surface area contributed by atoms with E-state index in [1.807, 2.05) is 0 Å². The molecule has 2 N–H and O–H groups in total. The van der Waals surface area contributed by atoms with Crippen LogP contribution in [0.5, 0.6) is 0 Å². The van der Waals surface area contributed by atoms with Crippen molar-refractivity contribution in [1.29, 1.82) is 0 Å². The molecule has 16 heavy (non-hydrogen) atoms. The topological polar surface area (TPSA) is 26.0 Å². The molecule has 1 nitrogen and oxygen atoms in total. The molecule has 0 amide bonds. The van der Waals surface area contributed by atoms with E-state index in [1.54, 1.807) is 0 Å². The fourth-order valence-electron chi connectivity index (χ4n) is 1.90. The van der Waals surface area contributed by atoms with E-state index >= 15 is 0 Å². The van der Waals surface area contributed by atoms with Crippen molar-refractivity contribution in [2.24, 2.45) is 5.73 Å². The molecule has 0 aliphatic rings. The minimum absolute atomic E-state index is 0.0446. The number of halogens is 1. The maximum Gasteiger partial charge on any atom is 0.0306 e. The fourth-order valence-corrected chi connectivity index (χ4v) is 2.13. The van der Waals surface area contributed by atoms with Crippen molar-refractivity contribution < 1.29 is 0 Å². The van der Waals surface area contributed by atoms with Crippen LogP contribution in [-0.2, 0) is 0 Å². The molecule has 0 saturated carbocycles. The second-order valence-corrected chi connectivity index (χ2v) is 4.57. The Hall–Kier alpha value is -1.05. The van der Waals surface area contributed by atoms with Gasteiger partial charge in [-0.2, -0.15) is 0 Å². The highest BCUT2D eigenvalue weighted by Crippen LogP contribution is 2.22. The van der Waals surface area contributed by atoms with Crippen molar-refractivity contribution in [3.8, 4) is 0 Å². The Morgan fingerprint density at radius 3 is 2.56 bits per heavy atom. The van der Waals surface area contributed by atoms with Crippen molar-refractivity contribution >= 4 is 22.4 Å². The molecule has 2 heteroatoms. The van der Waals surface area contributed by atoms with E-state index in [4.69, 9.17) is 17.3 Å². The molecule has 0 aliphatic carbocycles. The lowest BCUT2D eigenvalue weighted by Crippen LogP contribution is -2.10. The molecule has 0 saturated heterocycles. The van der Waals surface area contributed by atoms with Crippen LogP contribution in [0.25, 0.3) is 10.8 Å². The summed E-state index contributed by atoms with van der Waals surface area (Å²) in [4.78, 5) is 0. The van der Waals surface area contributed by atoms with Crippen molar-refractivity contribution in [3.63, 3.8) is 0 Å². The van der Waals surface area contributed by atoms with Gasteiger partial charge in [-0.25, -0.2) is 0 Å². The third kappa shape index (κ3) is 2.37. The largest absolute Gasteiger partial charge is 0.324 e. The number of aryl methyl sites for hydroxylation is 1. The van der Waals surface area contributed by atoms with Gasteiger partial charge in [0.2, 0.25) is 0 Å².